The van der Waals surface area contributed by atoms with E-state index in [1.165, 1.54) is 11.3 Å². The number of hydrogen-bond acceptors (Lipinski definition) is 5. The number of ether oxygens (including phenoxy) is 1. The molecule has 26 heavy (non-hydrogen) atoms. The predicted octanol–water partition coefficient (Wildman–Crippen LogP) is 3.04. The Morgan fingerprint density at radius 2 is 2.19 bits per heavy atom. The number of amides is 1. The molecule has 0 aliphatic carbocycles. The van der Waals surface area contributed by atoms with Gasteiger partial charge in [-0.1, -0.05) is 19.1 Å². The summed E-state index contributed by atoms with van der Waals surface area (Å²) < 4.78 is 5.24. The second kappa shape index (κ2) is 7.86. The predicted molar refractivity (Wildman–Crippen MR) is 98.9 cm³/mol. The lowest BCUT2D eigenvalue weighted by atomic mass is 9.89. The number of aryl methyl sites for hydroxylation is 1. The molecule has 0 bridgehead atoms. The number of hydrogen-bond donors (Lipinski definition) is 1. The minimum Gasteiger partial charge on any atom is -0.497 e. The summed E-state index contributed by atoms with van der Waals surface area (Å²) in [5.41, 5.74) is 1.28. The lowest BCUT2D eigenvalue weighted by Gasteiger charge is -2.16. The summed E-state index contributed by atoms with van der Waals surface area (Å²) in [6.45, 7) is 2.62. The van der Waals surface area contributed by atoms with Crippen molar-refractivity contribution in [3.05, 3.63) is 45.9 Å². The third kappa shape index (κ3) is 3.72. The van der Waals surface area contributed by atoms with Gasteiger partial charge in [-0.15, -0.1) is 11.3 Å². The van der Waals surface area contributed by atoms with E-state index in [0.717, 1.165) is 23.4 Å². The van der Waals surface area contributed by atoms with E-state index in [0.29, 0.717) is 18.0 Å². The first-order valence-corrected chi connectivity index (χ1v) is 9.51. The van der Waals surface area contributed by atoms with E-state index in [2.05, 4.69) is 11.9 Å². The quantitative estimate of drug-likeness (QED) is 0.841. The summed E-state index contributed by atoms with van der Waals surface area (Å²) in [5.74, 6) is -1.31. The van der Waals surface area contributed by atoms with Crippen molar-refractivity contribution in [1.29, 1.82) is 0 Å². The molecule has 1 fully saturated rings. The smallest absolute Gasteiger partial charge is 0.308 e. The van der Waals surface area contributed by atoms with Crippen molar-refractivity contribution in [3.8, 4) is 5.75 Å². The van der Waals surface area contributed by atoms with Crippen molar-refractivity contribution >= 4 is 23.2 Å². The molecule has 2 heterocycles. The molecule has 0 unspecified atom stereocenters. The fraction of sp³-hybridized carbons (Fsp3) is 0.421. The van der Waals surface area contributed by atoms with Gasteiger partial charge in [0.1, 0.15) is 11.4 Å². The van der Waals surface area contributed by atoms with Crippen molar-refractivity contribution in [3.63, 3.8) is 0 Å². The van der Waals surface area contributed by atoms with Crippen LogP contribution in [0.1, 0.15) is 40.3 Å². The van der Waals surface area contributed by atoms with Gasteiger partial charge in [0.25, 0.3) is 5.91 Å². The number of nitrogens with zero attached hydrogens (tertiary/aromatic N) is 2. The lowest BCUT2D eigenvalue weighted by molar-refractivity contribution is -0.141. The molecule has 1 amide bonds. The highest BCUT2D eigenvalue weighted by molar-refractivity contribution is 7.09. The average molecular weight is 374 g/mol. The molecule has 1 aliphatic heterocycles. The van der Waals surface area contributed by atoms with Gasteiger partial charge in [-0.25, -0.2) is 4.98 Å². The Hall–Kier alpha value is -2.41. The topological polar surface area (TPSA) is 79.7 Å². The monoisotopic (exact) mass is 374 g/mol. The molecule has 0 radical (unpaired) electrons. The van der Waals surface area contributed by atoms with Crippen LogP contribution < -0.4 is 4.74 Å². The molecule has 1 aromatic heterocycles. The highest BCUT2D eigenvalue weighted by Gasteiger charge is 2.41. The molecular weight excluding hydrogens is 352 g/mol. The zero-order valence-corrected chi connectivity index (χ0v) is 15.7. The van der Waals surface area contributed by atoms with Gasteiger partial charge in [0.05, 0.1) is 18.0 Å². The number of benzene rings is 1. The molecule has 1 aliphatic rings. The fourth-order valence-electron chi connectivity index (χ4n) is 3.33. The minimum atomic E-state index is -0.891. The van der Waals surface area contributed by atoms with E-state index >= 15 is 0 Å². The van der Waals surface area contributed by atoms with Crippen LogP contribution in [0.3, 0.4) is 0 Å². The Bertz CT molecular complexity index is 804. The summed E-state index contributed by atoms with van der Waals surface area (Å²) in [6.07, 6.45) is 1.83. The maximum absolute atomic E-state index is 12.8. The fourth-order valence-corrected chi connectivity index (χ4v) is 4.20. The second-order valence-electron chi connectivity index (χ2n) is 6.41. The minimum absolute atomic E-state index is 0.191. The van der Waals surface area contributed by atoms with Crippen LogP contribution in [-0.4, -0.2) is 47.1 Å². The molecule has 7 heteroatoms. The SMILES string of the molecule is CCCc1nc(C(=O)N2C[C@@H](C(=O)O)[C@H](c3cccc(OC)c3)C2)cs1. The van der Waals surface area contributed by atoms with Gasteiger partial charge in [0.2, 0.25) is 0 Å². The Kier molecular flexibility index (Phi) is 5.56. The molecule has 6 nitrogen and oxygen atoms in total. The molecule has 0 saturated carbocycles. The largest absolute Gasteiger partial charge is 0.497 e. The lowest BCUT2D eigenvalue weighted by Crippen LogP contribution is -2.30. The number of aliphatic carboxylic acids is 1. The van der Waals surface area contributed by atoms with Crippen molar-refractivity contribution < 1.29 is 19.4 Å². The third-order valence-corrected chi connectivity index (χ3v) is 5.59. The van der Waals surface area contributed by atoms with Crippen LogP contribution in [0.2, 0.25) is 0 Å². The van der Waals surface area contributed by atoms with Gasteiger partial charge >= 0.3 is 5.97 Å². The summed E-state index contributed by atoms with van der Waals surface area (Å²) in [7, 11) is 1.58. The van der Waals surface area contributed by atoms with Gasteiger partial charge < -0.3 is 14.7 Å². The average Bonchev–Trinajstić information content (AvgIpc) is 3.29. The van der Waals surface area contributed by atoms with Crippen molar-refractivity contribution in [1.82, 2.24) is 9.88 Å². The first-order chi connectivity index (χ1) is 12.5. The molecule has 0 spiro atoms. The van der Waals surface area contributed by atoms with E-state index in [1.807, 2.05) is 24.3 Å². The van der Waals surface area contributed by atoms with E-state index in [4.69, 9.17) is 4.74 Å². The van der Waals surface area contributed by atoms with Crippen LogP contribution in [0.4, 0.5) is 0 Å². The number of aromatic nitrogens is 1. The van der Waals surface area contributed by atoms with Crippen molar-refractivity contribution in [2.45, 2.75) is 25.7 Å². The first-order valence-electron chi connectivity index (χ1n) is 8.64. The summed E-state index contributed by atoms with van der Waals surface area (Å²) >= 11 is 1.48. The number of rotatable bonds is 6. The zero-order valence-electron chi connectivity index (χ0n) is 14.8. The molecule has 1 aromatic carbocycles. The standard InChI is InChI=1S/C19H22N2O4S/c1-3-5-17-20-16(11-26-17)18(22)21-9-14(15(10-21)19(23)24)12-6-4-7-13(8-12)25-2/h4,6-8,11,14-15H,3,5,9-10H2,1-2H3,(H,23,24)/t14-,15+/m0/s1. The van der Waals surface area contributed by atoms with Gasteiger partial charge in [-0.2, -0.15) is 0 Å². The summed E-state index contributed by atoms with van der Waals surface area (Å²) in [5, 5.41) is 12.3. The number of carboxylic acids is 1. The van der Waals surface area contributed by atoms with Crippen molar-refractivity contribution in [2.75, 3.05) is 20.2 Å². The third-order valence-electron chi connectivity index (χ3n) is 4.68. The van der Waals surface area contributed by atoms with Gasteiger partial charge in [0, 0.05) is 24.4 Å². The number of carboxylic acid groups (broad SMARTS) is 1. The van der Waals surface area contributed by atoms with E-state index in [1.54, 1.807) is 17.4 Å². The van der Waals surface area contributed by atoms with Gasteiger partial charge in [-0.3, -0.25) is 9.59 Å². The van der Waals surface area contributed by atoms with Crippen LogP contribution in [0.25, 0.3) is 0 Å². The van der Waals surface area contributed by atoms with Gasteiger partial charge in [0.15, 0.2) is 0 Å². The number of likely N-dealkylation sites (tertiary alicyclic amines) is 1. The number of carbonyl (C=O) groups is 2. The molecule has 2 atom stereocenters. The van der Waals surface area contributed by atoms with Crippen molar-refractivity contribution in [2.24, 2.45) is 5.92 Å². The molecule has 1 saturated heterocycles. The van der Waals surface area contributed by atoms with Crippen LogP contribution in [0.5, 0.6) is 5.75 Å². The number of methoxy groups -OCH3 is 1. The zero-order chi connectivity index (χ0) is 18.7. The molecular formula is C19H22N2O4S. The number of thiazole rings is 1. The Morgan fingerprint density at radius 1 is 1.38 bits per heavy atom. The van der Waals surface area contributed by atoms with Crippen LogP contribution in [0, 0.1) is 5.92 Å². The highest BCUT2D eigenvalue weighted by Crippen LogP contribution is 2.35. The normalized spacial score (nSPS) is 19.5. The summed E-state index contributed by atoms with van der Waals surface area (Å²) in [4.78, 5) is 30.5. The Labute approximate surface area is 156 Å². The maximum atomic E-state index is 12.8. The molecule has 3 rings (SSSR count). The first kappa shape index (κ1) is 18.4. The Morgan fingerprint density at radius 3 is 2.88 bits per heavy atom. The van der Waals surface area contributed by atoms with E-state index in [9.17, 15) is 14.7 Å². The van der Waals surface area contributed by atoms with E-state index in [-0.39, 0.29) is 18.4 Å². The van der Waals surface area contributed by atoms with Crippen LogP contribution in [-0.2, 0) is 11.2 Å². The summed E-state index contributed by atoms with van der Waals surface area (Å²) in [6, 6.07) is 7.40. The van der Waals surface area contributed by atoms with Crippen LogP contribution in [0.15, 0.2) is 29.6 Å². The maximum Gasteiger partial charge on any atom is 0.308 e. The molecule has 138 valence electrons. The van der Waals surface area contributed by atoms with Gasteiger partial charge in [-0.05, 0) is 30.5 Å². The molecule has 2 aromatic rings. The highest BCUT2D eigenvalue weighted by atomic mass is 32.1. The van der Waals surface area contributed by atoms with Crippen LogP contribution >= 0.6 is 11.3 Å². The number of carbonyl (C=O) groups excluding carboxylic acids is 1. The van der Waals surface area contributed by atoms with E-state index < -0.39 is 11.9 Å². The second-order valence-corrected chi connectivity index (χ2v) is 7.36. The Balaban J connectivity index is 1.81. The molecule has 1 N–H and O–H groups in total.